The van der Waals surface area contributed by atoms with E-state index in [2.05, 4.69) is 0 Å². The summed E-state index contributed by atoms with van der Waals surface area (Å²) in [5.74, 6) is 0.523. The van der Waals surface area contributed by atoms with Gasteiger partial charge in [0.25, 0.3) is 0 Å². The van der Waals surface area contributed by atoms with Gasteiger partial charge in [-0.3, -0.25) is 4.79 Å². The van der Waals surface area contributed by atoms with Gasteiger partial charge in [-0.15, -0.1) is 0 Å². The van der Waals surface area contributed by atoms with Crippen LogP contribution in [0.2, 0.25) is 0 Å². The van der Waals surface area contributed by atoms with Crippen LogP contribution < -0.4 is 5.73 Å². The van der Waals surface area contributed by atoms with Crippen LogP contribution in [0.25, 0.3) is 0 Å². The Hall–Kier alpha value is -0.640. The van der Waals surface area contributed by atoms with E-state index in [0.717, 1.165) is 32.4 Å². The Bertz CT molecular complexity index is 312. The first kappa shape index (κ1) is 11.8. The molecule has 3 nitrogen and oxygen atoms in total. The molecule has 0 spiro atoms. The zero-order valence-electron chi connectivity index (χ0n) is 9.87. The summed E-state index contributed by atoms with van der Waals surface area (Å²) in [6.07, 6.45) is 5.32. The summed E-state index contributed by atoms with van der Waals surface area (Å²) in [6.45, 7) is 3.82. The fourth-order valence-corrected chi connectivity index (χ4v) is 2.94. The lowest BCUT2D eigenvalue weighted by Gasteiger charge is -2.33. The van der Waals surface area contributed by atoms with Crippen molar-refractivity contribution in [3.63, 3.8) is 0 Å². The first-order chi connectivity index (χ1) is 7.52. The van der Waals surface area contributed by atoms with Gasteiger partial charge in [-0.2, -0.15) is 0 Å². The van der Waals surface area contributed by atoms with Gasteiger partial charge in [0.2, 0.25) is 5.91 Å². The van der Waals surface area contributed by atoms with Crippen molar-refractivity contribution in [2.24, 2.45) is 17.1 Å². The highest BCUT2D eigenvalue weighted by atomic mass is 32.1. The molecule has 1 heterocycles. The molecular weight excluding hydrogens is 220 g/mol. The second-order valence-corrected chi connectivity index (χ2v) is 5.97. The van der Waals surface area contributed by atoms with E-state index in [1.54, 1.807) is 0 Å². The number of likely N-dealkylation sites (tertiary alicyclic amines) is 1. The maximum Gasteiger partial charge on any atom is 0.225 e. The standard InChI is InChI=1S/C12H20N2OS/c1-9-3-2-6-14(11(9)15)8-12(4-5-12)7-10(13)16/h9H,2-8H2,1H3,(H2,13,16). The Kier molecular flexibility index (Phi) is 3.19. The summed E-state index contributed by atoms with van der Waals surface area (Å²) >= 11 is 4.98. The van der Waals surface area contributed by atoms with Gasteiger partial charge in [-0.05, 0) is 31.1 Å². The molecule has 16 heavy (non-hydrogen) atoms. The molecule has 2 N–H and O–H groups in total. The van der Waals surface area contributed by atoms with Crippen molar-refractivity contribution in [1.82, 2.24) is 4.90 Å². The lowest BCUT2D eigenvalue weighted by molar-refractivity contribution is -0.138. The second-order valence-electron chi connectivity index (χ2n) is 5.45. The largest absolute Gasteiger partial charge is 0.393 e. The topological polar surface area (TPSA) is 46.3 Å². The number of thiocarbonyl (C=S) groups is 1. The lowest BCUT2D eigenvalue weighted by Crippen LogP contribution is -2.43. The zero-order chi connectivity index (χ0) is 11.8. The fraction of sp³-hybridized carbons (Fsp3) is 0.833. The van der Waals surface area contributed by atoms with E-state index >= 15 is 0 Å². The number of carbonyl (C=O) groups is 1. The third-order valence-electron chi connectivity index (χ3n) is 3.83. The molecule has 4 heteroatoms. The minimum atomic E-state index is 0.203. The van der Waals surface area contributed by atoms with Gasteiger partial charge in [0, 0.05) is 25.4 Å². The number of hydrogen-bond donors (Lipinski definition) is 1. The zero-order valence-corrected chi connectivity index (χ0v) is 10.7. The third kappa shape index (κ3) is 2.54. The minimum absolute atomic E-state index is 0.203. The molecule has 0 bridgehead atoms. The van der Waals surface area contributed by atoms with E-state index in [4.69, 9.17) is 18.0 Å². The van der Waals surface area contributed by atoms with Gasteiger partial charge < -0.3 is 10.6 Å². The molecule has 1 unspecified atom stereocenters. The Labute approximate surface area is 102 Å². The molecule has 1 aliphatic carbocycles. The van der Waals surface area contributed by atoms with Crippen LogP contribution in [0.5, 0.6) is 0 Å². The molecule has 0 radical (unpaired) electrons. The van der Waals surface area contributed by atoms with Crippen molar-refractivity contribution < 1.29 is 4.79 Å². The van der Waals surface area contributed by atoms with Gasteiger partial charge in [0.05, 0.1) is 4.99 Å². The van der Waals surface area contributed by atoms with Crippen molar-refractivity contribution in [1.29, 1.82) is 0 Å². The summed E-state index contributed by atoms with van der Waals surface area (Å²) in [7, 11) is 0. The molecule has 1 saturated carbocycles. The summed E-state index contributed by atoms with van der Waals surface area (Å²) < 4.78 is 0. The Morgan fingerprint density at radius 1 is 1.62 bits per heavy atom. The van der Waals surface area contributed by atoms with Gasteiger partial charge in [0.15, 0.2) is 0 Å². The predicted molar refractivity (Wildman–Crippen MR) is 68.0 cm³/mol. The quantitative estimate of drug-likeness (QED) is 0.761. The normalized spacial score (nSPS) is 27.9. The lowest BCUT2D eigenvalue weighted by atomic mass is 9.95. The Balaban J connectivity index is 1.93. The van der Waals surface area contributed by atoms with Gasteiger partial charge in [0.1, 0.15) is 0 Å². The number of carbonyl (C=O) groups excluding carboxylic acids is 1. The molecule has 0 aromatic carbocycles. The molecule has 0 aromatic heterocycles. The van der Waals surface area contributed by atoms with E-state index in [-0.39, 0.29) is 11.3 Å². The van der Waals surface area contributed by atoms with Crippen LogP contribution in [0.3, 0.4) is 0 Å². The number of rotatable bonds is 4. The predicted octanol–water partition coefficient (Wildman–Crippen LogP) is 1.70. The molecule has 0 aromatic rings. The van der Waals surface area contributed by atoms with Crippen LogP contribution in [0.15, 0.2) is 0 Å². The molecule has 2 rings (SSSR count). The van der Waals surface area contributed by atoms with Gasteiger partial charge in [-0.1, -0.05) is 19.1 Å². The monoisotopic (exact) mass is 240 g/mol. The van der Waals surface area contributed by atoms with Crippen molar-refractivity contribution in [3.05, 3.63) is 0 Å². The van der Waals surface area contributed by atoms with E-state index < -0.39 is 0 Å². The Morgan fingerprint density at radius 2 is 2.31 bits per heavy atom. The fourth-order valence-electron chi connectivity index (χ4n) is 2.63. The summed E-state index contributed by atoms with van der Waals surface area (Å²) in [5.41, 5.74) is 5.85. The van der Waals surface area contributed by atoms with E-state index in [1.807, 2.05) is 11.8 Å². The smallest absolute Gasteiger partial charge is 0.225 e. The highest BCUT2D eigenvalue weighted by Crippen LogP contribution is 2.49. The second kappa shape index (κ2) is 4.32. The van der Waals surface area contributed by atoms with Crippen molar-refractivity contribution in [3.8, 4) is 0 Å². The molecule has 1 aliphatic heterocycles. The number of nitrogens with zero attached hydrogens (tertiary/aromatic N) is 1. The minimum Gasteiger partial charge on any atom is -0.393 e. The third-order valence-corrected chi connectivity index (χ3v) is 3.98. The van der Waals surface area contributed by atoms with Gasteiger partial charge >= 0.3 is 0 Å². The number of hydrogen-bond acceptors (Lipinski definition) is 2. The summed E-state index contributed by atoms with van der Waals surface area (Å²) in [5, 5.41) is 0. The molecule has 2 aliphatic rings. The first-order valence-corrected chi connectivity index (χ1v) is 6.50. The molecule has 90 valence electrons. The average molecular weight is 240 g/mol. The van der Waals surface area contributed by atoms with Crippen LogP contribution >= 0.6 is 12.2 Å². The molecule has 2 fully saturated rings. The number of piperidine rings is 1. The molecule has 1 atom stereocenters. The molecule has 1 amide bonds. The van der Waals surface area contributed by atoms with Crippen LogP contribution in [0.4, 0.5) is 0 Å². The van der Waals surface area contributed by atoms with Crippen molar-refractivity contribution >= 4 is 23.1 Å². The maximum absolute atomic E-state index is 12.0. The van der Waals surface area contributed by atoms with Crippen LogP contribution in [0.1, 0.15) is 39.0 Å². The SMILES string of the molecule is CC1CCCN(CC2(CC(N)=S)CC2)C1=O. The van der Waals surface area contributed by atoms with E-state index in [9.17, 15) is 4.79 Å². The molecular formula is C12H20N2OS. The highest BCUT2D eigenvalue weighted by Gasteiger charge is 2.45. The van der Waals surface area contributed by atoms with Crippen LogP contribution in [0, 0.1) is 11.3 Å². The number of amides is 1. The summed E-state index contributed by atoms with van der Waals surface area (Å²) in [4.78, 5) is 14.6. The highest BCUT2D eigenvalue weighted by molar-refractivity contribution is 7.80. The van der Waals surface area contributed by atoms with Crippen molar-refractivity contribution in [2.75, 3.05) is 13.1 Å². The first-order valence-electron chi connectivity index (χ1n) is 6.10. The van der Waals surface area contributed by atoms with E-state index in [1.165, 1.54) is 12.8 Å². The average Bonchev–Trinajstić information content (AvgIpc) is 2.92. The Morgan fingerprint density at radius 3 is 2.88 bits per heavy atom. The van der Waals surface area contributed by atoms with Crippen LogP contribution in [-0.2, 0) is 4.79 Å². The summed E-state index contributed by atoms with van der Waals surface area (Å²) in [6, 6.07) is 0. The van der Waals surface area contributed by atoms with E-state index in [0.29, 0.717) is 10.9 Å². The molecule has 1 saturated heterocycles. The maximum atomic E-state index is 12.0. The van der Waals surface area contributed by atoms with Crippen LogP contribution in [-0.4, -0.2) is 28.9 Å². The number of nitrogens with two attached hydrogens (primary N) is 1. The van der Waals surface area contributed by atoms with Gasteiger partial charge in [-0.25, -0.2) is 0 Å². The van der Waals surface area contributed by atoms with Crippen molar-refractivity contribution in [2.45, 2.75) is 39.0 Å².